The number of nitrogens with zero attached hydrogens (tertiary/aromatic N) is 2. The second kappa shape index (κ2) is 7.59. The lowest BCUT2D eigenvalue weighted by Crippen LogP contribution is -2.52. The number of nitrogens with one attached hydrogen (secondary N) is 2. The lowest BCUT2D eigenvalue weighted by Gasteiger charge is -2.36. The number of hydrogen-bond donors (Lipinski definition) is 2. The fourth-order valence-electron chi connectivity index (χ4n) is 3.07. The zero-order valence-corrected chi connectivity index (χ0v) is 14.0. The first-order valence-corrected chi connectivity index (χ1v) is 8.43. The molecule has 0 unspecified atom stereocenters. The Hall–Kier alpha value is -2.18. The Morgan fingerprint density at radius 2 is 2.08 bits per heavy atom. The van der Waals surface area contributed by atoms with E-state index in [0.717, 1.165) is 37.2 Å². The van der Waals surface area contributed by atoms with Crippen LogP contribution in [0.5, 0.6) is 0 Å². The van der Waals surface area contributed by atoms with Crippen molar-refractivity contribution < 1.29 is 9.53 Å². The molecule has 0 bridgehead atoms. The van der Waals surface area contributed by atoms with E-state index in [4.69, 9.17) is 4.74 Å². The largest absolute Gasteiger partial charge is 0.377 e. The van der Waals surface area contributed by atoms with E-state index in [-0.39, 0.29) is 5.91 Å². The number of benzene rings is 1. The first kappa shape index (κ1) is 16.7. The smallest absolute Gasteiger partial charge is 0.252 e. The number of rotatable bonds is 6. The van der Waals surface area contributed by atoms with Crippen molar-refractivity contribution in [3.63, 3.8) is 0 Å². The highest BCUT2D eigenvalue weighted by Gasteiger charge is 2.41. The van der Waals surface area contributed by atoms with Crippen LogP contribution in [-0.4, -0.2) is 35.4 Å². The van der Waals surface area contributed by atoms with Gasteiger partial charge in [0.15, 0.2) is 0 Å². The summed E-state index contributed by atoms with van der Waals surface area (Å²) in [7, 11) is 0. The molecule has 0 spiro atoms. The van der Waals surface area contributed by atoms with E-state index in [1.54, 1.807) is 10.9 Å². The van der Waals surface area contributed by atoms with Crippen molar-refractivity contribution >= 4 is 11.6 Å². The minimum atomic E-state index is -0.626. The molecule has 128 valence electrons. The van der Waals surface area contributed by atoms with Gasteiger partial charge in [-0.25, -0.2) is 0 Å². The number of carbonyl (C=O) groups excluding carboxylic acids is 1. The Labute approximate surface area is 142 Å². The molecule has 2 N–H and O–H groups in total. The molecule has 0 radical (unpaired) electrons. The Morgan fingerprint density at radius 1 is 1.33 bits per heavy atom. The van der Waals surface area contributed by atoms with Crippen LogP contribution < -0.4 is 10.6 Å². The average Bonchev–Trinajstić information content (AvgIpc) is 3.17. The summed E-state index contributed by atoms with van der Waals surface area (Å²) in [4.78, 5) is 13.0. The Kier molecular flexibility index (Phi) is 5.27. The number of piperidine rings is 1. The standard InChI is InChI=1S/C18H24N4O2/c1-2-24-14-15-4-6-16(7-5-15)21-17(23)18(8-11-19-12-9-18)22-13-3-10-20-22/h3-7,10,13,19H,2,8-9,11-12,14H2,1H3,(H,21,23). The van der Waals surface area contributed by atoms with Crippen LogP contribution in [0.3, 0.4) is 0 Å². The summed E-state index contributed by atoms with van der Waals surface area (Å²) in [5.74, 6) is -0.00902. The zero-order chi connectivity index (χ0) is 16.8. The Bertz CT molecular complexity index is 646. The van der Waals surface area contributed by atoms with Gasteiger partial charge in [0.05, 0.1) is 6.61 Å². The van der Waals surface area contributed by atoms with Crippen LogP contribution in [0.25, 0.3) is 0 Å². The molecule has 1 aromatic heterocycles. The molecule has 6 heteroatoms. The summed E-state index contributed by atoms with van der Waals surface area (Å²) in [6.45, 7) is 4.87. The molecule has 0 saturated carbocycles. The van der Waals surface area contributed by atoms with Crippen molar-refractivity contribution in [2.24, 2.45) is 0 Å². The highest BCUT2D eigenvalue weighted by atomic mass is 16.5. The third-order valence-electron chi connectivity index (χ3n) is 4.48. The van der Waals surface area contributed by atoms with E-state index in [1.807, 2.05) is 43.5 Å². The summed E-state index contributed by atoms with van der Waals surface area (Å²) in [6, 6.07) is 9.66. The summed E-state index contributed by atoms with van der Waals surface area (Å²) in [6.07, 6.45) is 5.04. The van der Waals surface area contributed by atoms with E-state index >= 15 is 0 Å². The van der Waals surface area contributed by atoms with Gasteiger partial charge < -0.3 is 15.4 Å². The average molecular weight is 328 g/mol. The lowest BCUT2D eigenvalue weighted by molar-refractivity contribution is -0.126. The van der Waals surface area contributed by atoms with Crippen LogP contribution >= 0.6 is 0 Å². The normalized spacial score (nSPS) is 16.7. The molecular weight excluding hydrogens is 304 g/mol. The summed E-state index contributed by atoms with van der Waals surface area (Å²) in [5, 5.41) is 10.7. The molecule has 1 aromatic carbocycles. The summed E-state index contributed by atoms with van der Waals surface area (Å²) in [5.41, 5.74) is 1.27. The van der Waals surface area contributed by atoms with Gasteiger partial charge in [-0.15, -0.1) is 0 Å². The molecule has 1 aliphatic rings. The second-order valence-electron chi connectivity index (χ2n) is 6.02. The van der Waals surface area contributed by atoms with Crippen molar-refractivity contribution in [3.05, 3.63) is 48.3 Å². The van der Waals surface area contributed by atoms with Crippen LogP contribution in [0.4, 0.5) is 5.69 Å². The number of hydrogen-bond acceptors (Lipinski definition) is 4. The summed E-state index contributed by atoms with van der Waals surface area (Å²) < 4.78 is 7.19. The van der Waals surface area contributed by atoms with E-state index in [0.29, 0.717) is 13.2 Å². The lowest BCUT2D eigenvalue weighted by atomic mass is 9.87. The van der Waals surface area contributed by atoms with Gasteiger partial charge in [-0.3, -0.25) is 9.48 Å². The van der Waals surface area contributed by atoms with Crippen molar-refractivity contribution in [1.29, 1.82) is 0 Å². The van der Waals surface area contributed by atoms with E-state index in [2.05, 4.69) is 15.7 Å². The monoisotopic (exact) mass is 328 g/mol. The van der Waals surface area contributed by atoms with Gasteiger partial charge >= 0.3 is 0 Å². The second-order valence-corrected chi connectivity index (χ2v) is 6.02. The maximum absolute atomic E-state index is 13.0. The fourth-order valence-corrected chi connectivity index (χ4v) is 3.07. The van der Waals surface area contributed by atoms with E-state index in [1.165, 1.54) is 0 Å². The van der Waals surface area contributed by atoms with Gasteiger partial charge in [0, 0.05) is 24.7 Å². The van der Waals surface area contributed by atoms with Crippen molar-refractivity contribution in [2.75, 3.05) is 25.0 Å². The maximum Gasteiger partial charge on any atom is 0.252 e. The first-order chi connectivity index (χ1) is 11.7. The quantitative estimate of drug-likeness (QED) is 0.852. The summed E-state index contributed by atoms with van der Waals surface area (Å²) >= 11 is 0. The third kappa shape index (κ3) is 3.49. The zero-order valence-electron chi connectivity index (χ0n) is 14.0. The van der Waals surface area contributed by atoms with E-state index < -0.39 is 5.54 Å². The highest BCUT2D eigenvalue weighted by molar-refractivity contribution is 5.96. The first-order valence-electron chi connectivity index (χ1n) is 8.43. The predicted molar refractivity (Wildman–Crippen MR) is 92.7 cm³/mol. The van der Waals surface area contributed by atoms with Gasteiger partial charge in [0.1, 0.15) is 5.54 Å². The van der Waals surface area contributed by atoms with Gasteiger partial charge in [-0.05, 0) is 56.6 Å². The van der Waals surface area contributed by atoms with Crippen LogP contribution in [0.15, 0.2) is 42.7 Å². The number of aromatic nitrogens is 2. The SMILES string of the molecule is CCOCc1ccc(NC(=O)C2(n3cccn3)CCNCC2)cc1. The minimum absolute atomic E-state index is 0.00902. The van der Waals surface area contributed by atoms with Crippen molar-refractivity contribution in [2.45, 2.75) is 31.9 Å². The highest BCUT2D eigenvalue weighted by Crippen LogP contribution is 2.28. The molecule has 6 nitrogen and oxygen atoms in total. The minimum Gasteiger partial charge on any atom is -0.377 e. The fraction of sp³-hybridized carbons (Fsp3) is 0.444. The molecule has 1 fully saturated rings. The molecule has 0 aliphatic carbocycles. The molecule has 3 rings (SSSR count). The molecular formula is C18H24N4O2. The topological polar surface area (TPSA) is 68.2 Å². The predicted octanol–water partition coefficient (Wildman–Crippen LogP) is 2.14. The van der Waals surface area contributed by atoms with Gasteiger partial charge in [-0.1, -0.05) is 12.1 Å². The molecule has 0 atom stereocenters. The van der Waals surface area contributed by atoms with Crippen LogP contribution in [0, 0.1) is 0 Å². The molecule has 2 heterocycles. The molecule has 1 saturated heterocycles. The maximum atomic E-state index is 13.0. The Balaban J connectivity index is 1.74. The molecule has 1 aliphatic heterocycles. The van der Waals surface area contributed by atoms with Crippen molar-refractivity contribution in [1.82, 2.24) is 15.1 Å². The van der Waals surface area contributed by atoms with Crippen LogP contribution in [0.2, 0.25) is 0 Å². The van der Waals surface area contributed by atoms with Crippen molar-refractivity contribution in [3.8, 4) is 0 Å². The van der Waals surface area contributed by atoms with Crippen LogP contribution in [0.1, 0.15) is 25.3 Å². The molecule has 24 heavy (non-hydrogen) atoms. The number of amides is 1. The van der Waals surface area contributed by atoms with Crippen LogP contribution in [-0.2, 0) is 21.7 Å². The van der Waals surface area contributed by atoms with E-state index in [9.17, 15) is 4.79 Å². The van der Waals surface area contributed by atoms with Gasteiger partial charge in [-0.2, -0.15) is 5.10 Å². The Morgan fingerprint density at radius 3 is 2.71 bits per heavy atom. The molecule has 2 aromatic rings. The number of ether oxygens (including phenoxy) is 1. The van der Waals surface area contributed by atoms with Gasteiger partial charge in [0.25, 0.3) is 5.91 Å². The third-order valence-corrected chi connectivity index (χ3v) is 4.48. The molecule has 1 amide bonds. The number of carbonyl (C=O) groups is 1. The van der Waals surface area contributed by atoms with Gasteiger partial charge in [0.2, 0.25) is 0 Å². The number of anilines is 1.